The highest BCUT2D eigenvalue weighted by Gasteiger charge is 2.05. The van der Waals surface area contributed by atoms with Crippen LogP contribution in [-0.4, -0.2) is 18.8 Å². The van der Waals surface area contributed by atoms with Gasteiger partial charge in [0, 0.05) is 29.0 Å². The van der Waals surface area contributed by atoms with Crippen molar-refractivity contribution in [3.63, 3.8) is 0 Å². The summed E-state index contributed by atoms with van der Waals surface area (Å²) < 4.78 is 0. The van der Waals surface area contributed by atoms with E-state index >= 15 is 0 Å². The first-order valence-electron chi connectivity index (χ1n) is 10.5. The van der Waals surface area contributed by atoms with Crippen molar-refractivity contribution >= 4 is 17.3 Å². The number of allylic oxidation sites excluding steroid dienone is 3. The number of benzene rings is 2. The lowest BCUT2D eigenvalue weighted by molar-refractivity contribution is 0.731. The Kier molecular flexibility index (Phi) is 9.79. The van der Waals surface area contributed by atoms with Gasteiger partial charge in [-0.2, -0.15) is 0 Å². The fourth-order valence-corrected chi connectivity index (χ4v) is 3.75. The molecule has 0 amide bonds. The summed E-state index contributed by atoms with van der Waals surface area (Å²) in [6.07, 6.45) is 11.1. The van der Waals surface area contributed by atoms with Gasteiger partial charge in [0.1, 0.15) is 0 Å². The standard InChI is InChI=1S/C27H33ClN2/c1-6-9-24(19-29-17-15-25-18-20(2)13-14-21(25)3)11-8-16-30-23(5)27-22(4)10-7-12-26(27)28/h6-14,16,18,29H,15,17,19H2,1-5H3/b9-6+,16-8+,24-11+,30-23?. The van der Waals surface area contributed by atoms with E-state index in [1.54, 1.807) is 0 Å². The Morgan fingerprint density at radius 1 is 1.10 bits per heavy atom. The van der Waals surface area contributed by atoms with E-state index in [9.17, 15) is 0 Å². The molecule has 1 N–H and O–H groups in total. The molecule has 0 atom stereocenters. The van der Waals surface area contributed by atoms with Crippen molar-refractivity contribution in [3.8, 4) is 0 Å². The topological polar surface area (TPSA) is 24.4 Å². The van der Waals surface area contributed by atoms with Gasteiger partial charge >= 0.3 is 0 Å². The molecule has 3 heteroatoms. The van der Waals surface area contributed by atoms with Gasteiger partial charge in [0.05, 0.1) is 0 Å². The lowest BCUT2D eigenvalue weighted by Gasteiger charge is -2.09. The largest absolute Gasteiger partial charge is 0.312 e. The van der Waals surface area contributed by atoms with E-state index in [1.165, 1.54) is 22.3 Å². The SMILES string of the molecule is C/C=C/C(=C\C=C\N=C(C)c1c(C)cccc1Cl)CNCCc1cc(C)ccc1C. The molecule has 2 aromatic rings. The number of nitrogens with one attached hydrogen (secondary N) is 1. The molecule has 0 bridgehead atoms. The molecule has 0 aliphatic heterocycles. The molecule has 0 aliphatic carbocycles. The maximum atomic E-state index is 6.33. The van der Waals surface area contributed by atoms with Crippen molar-refractivity contribution in [1.82, 2.24) is 5.32 Å². The summed E-state index contributed by atoms with van der Waals surface area (Å²) in [7, 11) is 0. The van der Waals surface area contributed by atoms with Crippen LogP contribution in [0, 0.1) is 20.8 Å². The van der Waals surface area contributed by atoms with E-state index in [0.29, 0.717) is 0 Å². The summed E-state index contributed by atoms with van der Waals surface area (Å²) >= 11 is 6.33. The van der Waals surface area contributed by atoms with Crippen LogP contribution in [0.2, 0.25) is 5.02 Å². The molecule has 0 aliphatic rings. The van der Waals surface area contributed by atoms with Crippen LogP contribution in [0.25, 0.3) is 0 Å². The van der Waals surface area contributed by atoms with Gasteiger partial charge < -0.3 is 5.32 Å². The lowest BCUT2D eigenvalue weighted by Crippen LogP contribution is -2.20. The Labute approximate surface area is 187 Å². The second-order valence-corrected chi connectivity index (χ2v) is 7.99. The van der Waals surface area contributed by atoms with Gasteiger partial charge in [-0.25, -0.2) is 0 Å². The minimum atomic E-state index is 0.739. The zero-order valence-electron chi connectivity index (χ0n) is 18.8. The monoisotopic (exact) mass is 420 g/mol. The first-order valence-corrected chi connectivity index (χ1v) is 10.8. The highest BCUT2D eigenvalue weighted by Crippen LogP contribution is 2.20. The number of aryl methyl sites for hydroxylation is 3. The van der Waals surface area contributed by atoms with Crippen LogP contribution in [-0.2, 0) is 6.42 Å². The normalized spacial score (nSPS) is 13.0. The highest BCUT2D eigenvalue weighted by atomic mass is 35.5. The number of hydrogen-bond acceptors (Lipinski definition) is 2. The number of aliphatic imine (C=N–C) groups is 1. The number of halogens is 1. The van der Waals surface area contributed by atoms with E-state index in [0.717, 1.165) is 41.4 Å². The van der Waals surface area contributed by atoms with Crippen molar-refractivity contribution < 1.29 is 0 Å². The minimum absolute atomic E-state index is 0.739. The molecule has 0 heterocycles. The predicted molar refractivity (Wildman–Crippen MR) is 133 cm³/mol. The summed E-state index contributed by atoms with van der Waals surface area (Å²) in [5.41, 5.74) is 8.37. The average Bonchev–Trinajstić information content (AvgIpc) is 2.70. The fraction of sp³-hybridized carbons (Fsp3) is 0.296. The van der Waals surface area contributed by atoms with Crippen LogP contribution >= 0.6 is 11.6 Å². The second kappa shape index (κ2) is 12.3. The molecule has 30 heavy (non-hydrogen) atoms. The van der Waals surface area contributed by atoms with Crippen molar-refractivity contribution in [2.24, 2.45) is 4.99 Å². The third-order valence-electron chi connectivity index (χ3n) is 5.03. The molecule has 0 spiro atoms. The first kappa shape index (κ1) is 23.9. The summed E-state index contributed by atoms with van der Waals surface area (Å²) in [4.78, 5) is 4.56. The molecular weight excluding hydrogens is 388 g/mol. The maximum absolute atomic E-state index is 6.33. The van der Waals surface area contributed by atoms with E-state index in [1.807, 2.05) is 38.3 Å². The number of hydrogen-bond donors (Lipinski definition) is 1. The quantitative estimate of drug-likeness (QED) is 0.265. The van der Waals surface area contributed by atoms with Crippen molar-refractivity contribution in [2.45, 2.75) is 41.0 Å². The lowest BCUT2D eigenvalue weighted by atomic mass is 10.0. The molecule has 0 aromatic heterocycles. The van der Waals surface area contributed by atoms with Crippen LogP contribution in [0.5, 0.6) is 0 Å². The smallest absolute Gasteiger partial charge is 0.0499 e. The Bertz CT molecular complexity index is 945. The van der Waals surface area contributed by atoms with Crippen molar-refractivity contribution in [3.05, 3.63) is 105 Å². The number of rotatable bonds is 9. The summed E-state index contributed by atoms with van der Waals surface area (Å²) in [5, 5.41) is 4.29. The van der Waals surface area contributed by atoms with E-state index in [4.69, 9.17) is 11.6 Å². The Hall–Kier alpha value is -2.42. The third kappa shape index (κ3) is 7.44. The summed E-state index contributed by atoms with van der Waals surface area (Å²) in [6.45, 7) is 12.2. The molecule has 0 unspecified atom stereocenters. The third-order valence-corrected chi connectivity index (χ3v) is 5.35. The van der Waals surface area contributed by atoms with Gasteiger partial charge in [-0.3, -0.25) is 4.99 Å². The van der Waals surface area contributed by atoms with Gasteiger partial charge in [-0.15, -0.1) is 0 Å². The predicted octanol–water partition coefficient (Wildman–Crippen LogP) is 6.92. The van der Waals surface area contributed by atoms with Crippen LogP contribution < -0.4 is 5.32 Å². The highest BCUT2D eigenvalue weighted by molar-refractivity contribution is 6.34. The van der Waals surface area contributed by atoms with E-state index in [2.05, 4.69) is 73.6 Å². The molecule has 2 rings (SSSR count). The number of nitrogens with zero attached hydrogens (tertiary/aromatic N) is 1. The van der Waals surface area contributed by atoms with Crippen molar-refractivity contribution in [1.29, 1.82) is 0 Å². The minimum Gasteiger partial charge on any atom is -0.312 e. The van der Waals surface area contributed by atoms with Gasteiger partial charge in [-0.05, 0) is 82.0 Å². The molecule has 0 saturated carbocycles. The zero-order chi connectivity index (χ0) is 21.9. The average molecular weight is 421 g/mol. The van der Waals surface area contributed by atoms with Crippen molar-refractivity contribution in [2.75, 3.05) is 13.1 Å². The molecule has 0 radical (unpaired) electrons. The Morgan fingerprint density at radius 2 is 1.90 bits per heavy atom. The Morgan fingerprint density at radius 3 is 2.63 bits per heavy atom. The van der Waals surface area contributed by atoms with E-state index in [-0.39, 0.29) is 0 Å². The first-order chi connectivity index (χ1) is 14.4. The fourth-order valence-electron chi connectivity index (χ4n) is 3.39. The van der Waals surface area contributed by atoms with Gasteiger partial charge in [-0.1, -0.05) is 65.7 Å². The van der Waals surface area contributed by atoms with Gasteiger partial charge in [0.15, 0.2) is 0 Å². The van der Waals surface area contributed by atoms with Crippen LogP contribution in [0.3, 0.4) is 0 Å². The molecule has 2 aromatic carbocycles. The molecule has 0 saturated heterocycles. The molecule has 158 valence electrons. The molecule has 2 nitrogen and oxygen atoms in total. The summed E-state index contributed by atoms with van der Waals surface area (Å²) in [5.74, 6) is 0. The second-order valence-electron chi connectivity index (χ2n) is 7.59. The van der Waals surface area contributed by atoms with Gasteiger partial charge in [0.2, 0.25) is 0 Å². The van der Waals surface area contributed by atoms with Gasteiger partial charge in [0.25, 0.3) is 0 Å². The zero-order valence-corrected chi connectivity index (χ0v) is 19.6. The van der Waals surface area contributed by atoms with Crippen LogP contribution in [0.15, 0.2) is 77.5 Å². The van der Waals surface area contributed by atoms with Crippen LogP contribution in [0.1, 0.15) is 41.7 Å². The molecule has 0 fully saturated rings. The van der Waals surface area contributed by atoms with Crippen LogP contribution in [0.4, 0.5) is 0 Å². The van der Waals surface area contributed by atoms with E-state index < -0.39 is 0 Å². The Balaban J connectivity index is 1.94. The summed E-state index contributed by atoms with van der Waals surface area (Å²) in [6, 6.07) is 12.6. The molecular formula is C27H33ClN2. The maximum Gasteiger partial charge on any atom is 0.0499 e.